The Morgan fingerprint density at radius 1 is 1.35 bits per heavy atom. The van der Waals surface area contributed by atoms with Gasteiger partial charge in [-0.2, -0.15) is 0 Å². The summed E-state index contributed by atoms with van der Waals surface area (Å²) in [6, 6.07) is 5.88. The number of H-pyrrole nitrogens is 1. The van der Waals surface area contributed by atoms with Crippen LogP contribution in [0.15, 0.2) is 41.5 Å². The summed E-state index contributed by atoms with van der Waals surface area (Å²) in [5.41, 5.74) is 0.646. The first-order valence-corrected chi connectivity index (χ1v) is 5.14. The molecule has 0 unspecified atom stereocenters. The van der Waals surface area contributed by atoms with Crippen LogP contribution in [0.1, 0.15) is 10.4 Å². The second kappa shape index (κ2) is 4.80. The van der Waals surface area contributed by atoms with Gasteiger partial charge in [0.25, 0.3) is 5.91 Å². The van der Waals surface area contributed by atoms with E-state index in [4.69, 9.17) is 11.6 Å². The first-order valence-electron chi connectivity index (χ1n) is 4.77. The number of amides is 1. The third-order valence-electron chi connectivity index (χ3n) is 2.03. The van der Waals surface area contributed by atoms with Gasteiger partial charge in [-0.05, 0) is 18.2 Å². The first kappa shape index (κ1) is 11.3. The SMILES string of the molecule is O=C(Nc1ccnc(Cl)c1)c1ccc(=O)[nH]c1. The van der Waals surface area contributed by atoms with Gasteiger partial charge in [-0.25, -0.2) is 4.98 Å². The molecule has 17 heavy (non-hydrogen) atoms. The molecule has 6 heteroatoms. The summed E-state index contributed by atoms with van der Waals surface area (Å²) in [4.78, 5) is 28.8. The number of nitrogens with one attached hydrogen (secondary N) is 2. The molecule has 2 aromatic heterocycles. The minimum Gasteiger partial charge on any atom is -0.328 e. The van der Waals surface area contributed by atoms with Gasteiger partial charge in [-0.15, -0.1) is 0 Å². The zero-order valence-corrected chi connectivity index (χ0v) is 9.36. The maximum Gasteiger partial charge on any atom is 0.257 e. The molecule has 0 atom stereocenters. The molecule has 0 aromatic carbocycles. The van der Waals surface area contributed by atoms with Crippen LogP contribution in [-0.4, -0.2) is 15.9 Å². The van der Waals surface area contributed by atoms with Gasteiger partial charge in [-0.3, -0.25) is 9.59 Å². The van der Waals surface area contributed by atoms with Crippen molar-refractivity contribution in [2.75, 3.05) is 5.32 Å². The first-order chi connectivity index (χ1) is 8.15. The topological polar surface area (TPSA) is 74.8 Å². The van der Waals surface area contributed by atoms with Gasteiger partial charge in [0.05, 0.1) is 5.56 Å². The van der Waals surface area contributed by atoms with Crippen LogP contribution in [0.4, 0.5) is 5.69 Å². The van der Waals surface area contributed by atoms with Crippen LogP contribution in [0.3, 0.4) is 0 Å². The quantitative estimate of drug-likeness (QED) is 0.795. The standard InChI is InChI=1S/C11H8ClN3O2/c12-9-5-8(3-4-13-9)15-11(17)7-1-2-10(16)14-6-7/h1-6H,(H,14,16)(H,13,15,17). The van der Waals surface area contributed by atoms with Crippen LogP contribution in [0, 0.1) is 0 Å². The largest absolute Gasteiger partial charge is 0.328 e. The average molecular weight is 250 g/mol. The summed E-state index contributed by atoms with van der Waals surface area (Å²) >= 11 is 5.69. The molecule has 0 saturated carbocycles. The minimum absolute atomic E-state index is 0.256. The summed E-state index contributed by atoms with van der Waals surface area (Å²) in [6.07, 6.45) is 2.84. The van der Waals surface area contributed by atoms with Crippen LogP contribution in [0.25, 0.3) is 0 Å². The Balaban J connectivity index is 2.17. The van der Waals surface area contributed by atoms with Crippen LogP contribution >= 0.6 is 11.6 Å². The van der Waals surface area contributed by atoms with E-state index < -0.39 is 0 Å². The molecule has 0 aliphatic heterocycles. The third kappa shape index (κ3) is 2.92. The number of hydrogen-bond donors (Lipinski definition) is 2. The lowest BCUT2D eigenvalue weighted by Crippen LogP contribution is -2.14. The van der Waals surface area contributed by atoms with E-state index in [2.05, 4.69) is 15.3 Å². The van der Waals surface area contributed by atoms with Crippen molar-refractivity contribution in [2.24, 2.45) is 0 Å². The summed E-state index contributed by atoms with van der Waals surface area (Å²) in [7, 11) is 0. The van der Waals surface area contributed by atoms with E-state index in [9.17, 15) is 9.59 Å². The number of nitrogens with zero attached hydrogens (tertiary/aromatic N) is 1. The van der Waals surface area contributed by atoms with Gasteiger partial charge in [-0.1, -0.05) is 11.6 Å². The predicted octanol–water partition coefficient (Wildman–Crippen LogP) is 1.68. The van der Waals surface area contributed by atoms with E-state index in [1.54, 1.807) is 6.07 Å². The molecule has 86 valence electrons. The molecule has 0 aliphatic rings. The number of aromatic amines is 1. The second-order valence-electron chi connectivity index (χ2n) is 3.26. The molecule has 0 bridgehead atoms. The fourth-order valence-corrected chi connectivity index (χ4v) is 1.41. The monoisotopic (exact) mass is 249 g/mol. The van der Waals surface area contributed by atoms with Crippen LogP contribution in [0.5, 0.6) is 0 Å². The third-order valence-corrected chi connectivity index (χ3v) is 2.24. The van der Waals surface area contributed by atoms with Crippen molar-refractivity contribution in [3.63, 3.8) is 0 Å². The highest BCUT2D eigenvalue weighted by Gasteiger charge is 2.06. The molecule has 0 saturated heterocycles. The normalized spacial score (nSPS) is 9.94. The van der Waals surface area contributed by atoms with Crippen LogP contribution in [0.2, 0.25) is 5.15 Å². The van der Waals surface area contributed by atoms with Crippen molar-refractivity contribution in [3.8, 4) is 0 Å². The van der Waals surface area contributed by atoms with Crippen LogP contribution < -0.4 is 10.9 Å². The van der Waals surface area contributed by atoms with Gasteiger partial charge < -0.3 is 10.3 Å². The lowest BCUT2D eigenvalue weighted by molar-refractivity contribution is 0.102. The zero-order chi connectivity index (χ0) is 12.3. The lowest BCUT2D eigenvalue weighted by atomic mass is 10.2. The van der Waals surface area contributed by atoms with E-state index in [1.165, 1.54) is 30.6 Å². The number of rotatable bonds is 2. The minimum atomic E-state index is -0.330. The van der Waals surface area contributed by atoms with Crippen molar-refractivity contribution < 1.29 is 4.79 Å². The number of aromatic nitrogens is 2. The number of pyridine rings is 2. The number of anilines is 1. The Kier molecular flexibility index (Phi) is 3.20. The Morgan fingerprint density at radius 3 is 2.82 bits per heavy atom. The molecule has 2 N–H and O–H groups in total. The van der Waals surface area contributed by atoms with E-state index in [1.807, 2.05) is 0 Å². The van der Waals surface area contributed by atoms with Crippen LogP contribution in [-0.2, 0) is 0 Å². The van der Waals surface area contributed by atoms with Crippen molar-refractivity contribution in [3.05, 3.63) is 57.7 Å². The number of halogens is 1. The van der Waals surface area contributed by atoms with Gasteiger partial charge in [0.1, 0.15) is 5.15 Å². The van der Waals surface area contributed by atoms with Crippen molar-refractivity contribution in [2.45, 2.75) is 0 Å². The molecule has 0 aliphatic carbocycles. The fourth-order valence-electron chi connectivity index (χ4n) is 1.24. The summed E-state index contributed by atoms with van der Waals surface area (Å²) < 4.78 is 0. The van der Waals surface area contributed by atoms with Gasteiger partial charge in [0, 0.05) is 24.1 Å². The fraction of sp³-hybridized carbons (Fsp3) is 0. The van der Waals surface area contributed by atoms with Gasteiger partial charge in [0.15, 0.2) is 0 Å². The van der Waals surface area contributed by atoms with Crippen molar-refractivity contribution in [1.82, 2.24) is 9.97 Å². The Labute approximate surface area is 101 Å². The Hall–Kier alpha value is -2.14. The maximum atomic E-state index is 11.7. The van der Waals surface area contributed by atoms with E-state index in [0.29, 0.717) is 16.4 Å². The molecule has 0 radical (unpaired) electrons. The molecule has 5 nitrogen and oxygen atoms in total. The second-order valence-corrected chi connectivity index (χ2v) is 3.65. The Bertz CT molecular complexity index is 589. The maximum absolute atomic E-state index is 11.7. The highest BCUT2D eigenvalue weighted by atomic mass is 35.5. The summed E-state index contributed by atoms with van der Waals surface area (Å²) in [5.74, 6) is -0.330. The number of carbonyl (C=O) groups excluding carboxylic acids is 1. The number of carbonyl (C=O) groups is 1. The van der Waals surface area contributed by atoms with Crippen molar-refractivity contribution in [1.29, 1.82) is 0 Å². The molecule has 0 fully saturated rings. The van der Waals surface area contributed by atoms with E-state index in [0.717, 1.165) is 0 Å². The smallest absolute Gasteiger partial charge is 0.257 e. The van der Waals surface area contributed by atoms with Gasteiger partial charge >= 0.3 is 0 Å². The highest BCUT2D eigenvalue weighted by Crippen LogP contribution is 2.12. The zero-order valence-electron chi connectivity index (χ0n) is 8.61. The molecule has 2 rings (SSSR count). The lowest BCUT2D eigenvalue weighted by Gasteiger charge is -2.04. The molecule has 2 heterocycles. The number of hydrogen-bond acceptors (Lipinski definition) is 3. The molecule has 2 aromatic rings. The Morgan fingerprint density at radius 2 is 2.18 bits per heavy atom. The highest BCUT2D eigenvalue weighted by molar-refractivity contribution is 6.29. The van der Waals surface area contributed by atoms with E-state index in [-0.39, 0.29) is 11.5 Å². The van der Waals surface area contributed by atoms with Crippen molar-refractivity contribution >= 4 is 23.2 Å². The predicted molar refractivity (Wildman–Crippen MR) is 64.3 cm³/mol. The molecular formula is C11H8ClN3O2. The molecule has 0 spiro atoms. The molecular weight excluding hydrogens is 242 g/mol. The molecule has 1 amide bonds. The summed E-state index contributed by atoms with van der Waals surface area (Å²) in [5, 5.41) is 2.93. The average Bonchev–Trinajstić information content (AvgIpc) is 2.29. The van der Waals surface area contributed by atoms with Gasteiger partial charge in [0.2, 0.25) is 5.56 Å². The van der Waals surface area contributed by atoms with E-state index >= 15 is 0 Å². The summed E-state index contributed by atoms with van der Waals surface area (Å²) in [6.45, 7) is 0.